The SMILES string of the molecule is Cl.O=C(NCC1CC1)C1(F)CCNC1. The molecule has 1 saturated heterocycles. The van der Waals surface area contributed by atoms with Crippen LogP contribution in [0.2, 0.25) is 0 Å². The highest BCUT2D eigenvalue weighted by Gasteiger charge is 2.41. The monoisotopic (exact) mass is 222 g/mol. The molecule has 14 heavy (non-hydrogen) atoms. The van der Waals surface area contributed by atoms with E-state index >= 15 is 0 Å². The van der Waals surface area contributed by atoms with E-state index in [1.54, 1.807) is 0 Å². The van der Waals surface area contributed by atoms with Gasteiger partial charge in [0.15, 0.2) is 0 Å². The molecular weight excluding hydrogens is 207 g/mol. The molecule has 2 rings (SSSR count). The molecule has 82 valence electrons. The predicted molar refractivity (Wildman–Crippen MR) is 54.3 cm³/mol. The van der Waals surface area contributed by atoms with Crippen LogP contribution in [0.25, 0.3) is 0 Å². The molecule has 1 unspecified atom stereocenters. The van der Waals surface area contributed by atoms with Crippen molar-refractivity contribution in [2.45, 2.75) is 24.9 Å². The van der Waals surface area contributed by atoms with Crippen LogP contribution >= 0.6 is 12.4 Å². The molecule has 0 aromatic rings. The van der Waals surface area contributed by atoms with Crippen molar-refractivity contribution in [2.75, 3.05) is 19.6 Å². The Balaban J connectivity index is 0.000000980. The summed E-state index contributed by atoms with van der Waals surface area (Å²) in [4.78, 5) is 11.4. The van der Waals surface area contributed by atoms with E-state index in [0.29, 0.717) is 25.4 Å². The van der Waals surface area contributed by atoms with Crippen LogP contribution in [-0.4, -0.2) is 31.2 Å². The topological polar surface area (TPSA) is 41.1 Å². The van der Waals surface area contributed by atoms with Gasteiger partial charge in [0.2, 0.25) is 5.67 Å². The predicted octanol–water partition coefficient (Wildman–Crippen LogP) is 0.636. The minimum atomic E-state index is -1.64. The summed E-state index contributed by atoms with van der Waals surface area (Å²) in [6.45, 7) is 1.43. The van der Waals surface area contributed by atoms with Crippen LogP contribution in [0.1, 0.15) is 19.3 Å². The molecule has 0 aromatic carbocycles. The fourth-order valence-electron chi connectivity index (χ4n) is 1.57. The van der Waals surface area contributed by atoms with Crippen molar-refractivity contribution in [1.82, 2.24) is 10.6 Å². The lowest BCUT2D eigenvalue weighted by Crippen LogP contribution is -2.45. The van der Waals surface area contributed by atoms with E-state index in [0.717, 1.165) is 0 Å². The third kappa shape index (κ3) is 2.58. The van der Waals surface area contributed by atoms with Gasteiger partial charge in [0.1, 0.15) is 0 Å². The fourth-order valence-corrected chi connectivity index (χ4v) is 1.57. The second-order valence-corrected chi connectivity index (χ2v) is 4.05. The molecule has 0 spiro atoms. The van der Waals surface area contributed by atoms with Gasteiger partial charge in [-0.25, -0.2) is 4.39 Å². The highest BCUT2D eigenvalue weighted by Crippen LogP contribution is 2.28. The first-order chi connectivity index (χ1) is 6.21. The van der Waals surface area contributed by atoms with Gasteiger partial charge in [-0.2, -0.15) is 0 Å². The smallest absolute Gasteiger partial charge is 0.259 e. The van der Waals surface area contributed by atoms with Gasteiger partial charge in [0.25, 0.3) is 5.91 Å². The largest absolute Gasteiger partial charge is 0.353 e. The van der Waals surface area contributed by atoms with E-state index in [1.165, 1.54) is 12.8 Å². The lowest BCUT2D eigenvalue weighted by atomic mass is 10.1. The number of carbonyl (C=O) groups excluding carboxylic acids is 1. The van der Waals surface area contributed by atoms with Crippen LogP contribution in [-0.2, 0) is 4.79 Å². The molecule has 2 fully saturated rings. The number of halogens is 2. The molecule has 2 N–H and O–H groups in total. The quantitative estimate of drug-likeness (QED) is 0.736. The Morgan fingerprint density at radius 2 is 2.29 bits per heavy atom. The first kappa shape index (κ1) is 11.7. The molecule has 0 radical (unpaired) electrons. The Morgan fingerprint density at radius 3 is 2.79 bits per heavy atom. The van der Waals surface area contributed by atoms with Crippen LogP contribution in [0, 0.1) is 5.92 Å². The molecule has 1 heterocycles. The van der Waals surface area contributed by atoms with Gasteiger partial charge in [-0.05, 0) is 25.3 Å². The fraction of sp³-hybridized carbons (Fsp3) is 0.889. The highest BCUT2D eigenvalue weighted by molar-refractivity contribution is 5.86. The molecule has 1 aliphatic heterocycles. The van der Waals surface area contributed by atoms with Crippen LogP contribution in [0.5, 0.6) is 0 Å². The van der Waals surface area contributed by atoms with E-state index < -0.39 is 11.6 Å². The minimum absolute atomic E-state index is 0. The van der Waals surface area contributed by atoms with E-state index in [1.807, 2.05) is 0 Å². The second kappa shape index (κ2) is 4.45. The Hall–Kier alpha value is -0.350. The third-order valence-electron chi connectivity index (χ3n) is 2.76. The van der Waals surface area contributed by atoms with Crippen molar-refractivity contribution in [3.8, 4) is 0 Å². The summed E-state index contributed by atoms with van der Waals surface area (Å²) in [6.07, 6.45) is 2.67. The van der Waals surface area contributed by atoms with Gasteiger partial charge in [-0.15, -0.1) is 12.4 Å². The molecule has 0 bridgehead atoms. The van der Waals surface area contributed by atoms with Crippen molar-refractivity contribution in [1.29, 1.82) is 0 Å². The van der Waals surface area contributed by atoms with Gasteiger partial charge in [-0.1, -0.05) is 0 Å². The van der Waals surface area contributed by atoms with Gasteiger partial charge >= 0.3 is 0 Å². The van der Waals surface area contributed by atoms with Crippen molar-refractivity contribution >= 4 is 18.3 Å². The summed E-state index contributed by atoms with van der Waals surface area (Å²) in [7, 11) is 0. The summed E-state index contributed by atoms with van der Waals surface area (Å²) in [5.74, 6) is 0.186. The van der Waals surface area contributed by atoms with Crippen LogP contribution in [0.15, 0.2) is 0 Å². The molecule has 1 amide bonds. The number of hydrogen-bond acceptors (Lipinski definition) is 2. The average Bonchev–Trinajstić information content (AvgIpc) is 2.84. The van der Waals surface area contributed by atoms with E-state index in [2.05, 4.69) is 10.6 Å². The van der Waals surface area contributed by atoms with Crippen LogP contribution in [0.3, 0.4) is 0 Å². The number of amides is 1. The van der Waals surface area contributed by atoms with Crippen molar-refractivity contribution in [2.24, 2.45) is 5.92 Å². The van der Waals surface area contributed by atoms with Gasteiger partial charge in [0, 0.05) is 19.5 Å². The second-order valence-electron chi connectivity index (χ2n) is 4.05. The normalized spacial score (nSPS) is 30.9. The summed E-state index contributed by atoms with van der Waals surface area (Å²) in [5, 5.41) is 5.53. The Labute approximate surface area is 89.2 Å². The Morgan fingerprint density at radius 1 is 1.57 bits per heavy atom. The van der Waals surface area contributed by atoms with Gasteiger partial charge in [-0.3, -0.25) is 4.79 Å². The number of hydrogen-bond donors (Lipinski definition) is 2. The van der Waals surface area contributed by atoms with Crippen molar-refractivity contribution < 1.29 is 9.18 Å². The summed E-state index contributed by atoms with van der Waals surface area (Å²) in [5.41, 5.74) is -1.64. The van der Waals surface area contributed by atoms with Gasteiger partial charge in [0.05, 0.1) is 0 Å². The van der Waals surface area contributed by atoms with E-state index in [-0.39, 0.29) is 19.0 Å². The first-order valence-corrected chi connectivity index (χ1v) is 4.89. The molecule has 5 heteroatoms. The molecule has 2 aliphatic rings. The highest BCUT2D eigenvalue weighted by atomic mass is 35.5. The molecule has 1 saturated carbocycles. The average molecular weight is 223 g/mol. The maximum Gasteiger partial charge on any atom is 0.259 e. The molecule has 3 nitrogen and oxygen atoms in total. The number of rotatable bonds is 3. The zero-order chi connectivity index (χ0) is 9.31. The molecule has 1 atom stereocenters. The van der Waals surface area contributed by atoms with E-state index in [9.17, 15) is 9.18 Å². The van der Waals surface area contributed by atoms with Crippen LogP contribution < -0.4 is 10.6 Å². The molecular formula is C9H16ClFN2O. The zero-order valence-corrected chi connectivity index (χ0v) is 8.83. The standard InChI is InChI=1S/C9H15FN2O.ClH/c10-9(3-4-11-6-9)8(13)12-5-7-1-2-7;/h7,11H,1-6H2,(H,12,13);1H. The van der Waals surface area contributed by atoms with Crippen molar-refractivity contribution in [3.05, 3.63) is 0 Å². The Kier molecular flexibility index (Phi) is 3.72. The van der Waals surface area contributed by atoms with Crippen molar-refractivity contribution in [3.63, 3.8) is 0 Å². The summed E-state index contributed by atoms with van der Waals surface area (Å²) < 4.78 is 13.7. The van der Waals surface area contributed by atoms with Gasteiger partial charge < -0.3 is 10.6 Å². The maximum absolute atomic E-state index is 13.7. The van der Waals surface area contributed by atoms with E-state index in [4.69, 9.17) is 0 Å². The summed E-state index contributed by atoms with van der Waals surface area (Å²) in [6, 6.07) is 0. The number of alkyl halides is 1. The lowest BCUT2D eigenvalue weighted by Gasteiger charge is -2.17. The molecule has 1 aliphatic carbocycles. The third-order valence-corrected chi connectivity index (χ3v) is 2.76. The Bertz CT molecular complexity index is 215. The maximum atomic E-state index is 13.7. The number of carbonyl (C=O) groups is 1. The zero-order valence-electron chi connectivity index (χ0n) is 8.01. The molecule has 0 aromatic heterocycles. The van der Waals surface area contributed by atoms with Crippen LogP contribution in [0.4, 0.5) is 4.39 Å². The number of nitrogens with one attached hydrogen (secondary N) is 2. The first-order valence-electron chi connectivity index (χ1n) is 4.89. The summed E-state index contributed by atoms with van der Waals surface area (Å²) >= 11 is 0. The lowest BCUT2D eigenvalue weighted by molar-refractivity contribution is -0.131. The minimum Gasteiger partial charge on any atom is -0.353 e.